The minimum Gasteiger partial charge on any atom is -0.325 e. The maximum Gasteiger partial charge on any atom is 0.0123 e. The maximum atomic E-state index is 6.28. The fourth-order valence-electron chi connectivity index (χ4n) is 5.45. The Bertz CT molecular complexity index is 403. The van der Waals surface area contributed by atoms with Crippen LogP contribution >= 0.6 is 0 Å². The molecule has 0 bridgehead atoms. The lowest BCUT2D eigenvalue weighted by Crippen LogP contribution is -2.40. The molecule has 3 unspecified atom stereocenters. The molecule has 22 heavy (non-hydrogen) atoms. The molecule has 0 aromatic heterocycles. The van der Waals surface area contributed by atoms with E-state index in [4.69, 9.17) is 5.73 Å². The molecule has 0 spiro atoms. The molecule has 2 fully saturated rings. The number of hydrogen-bond acceptors (Lipinski definition) is 1. The molecule has 5 atom stereocenters. The van der Waals surface area contributed by atoms with Gasteiger partial charge < -0.3 is 5.73 Å². The van der Waals surface area contributed by atoms with E-state index in [-0.39, 0.29) is 5.54 Å². The van der Waals surface area contributed by atoms with E-state index >= 15 is 0 Å². The fraction of sp³-hybridized carbons (Fsp3) is 0.905. The second kappa shape index (κ2) is 6.67. The van der Waals surface area contributed by atoms with E-state index in [0.29, 0.717) is 11.3 Å². The minimum absolute atomic E-state index is 0.0369. The van der Waals surface area contributed by atoms with Crippen molar-refractivity contribution in [1.29, 1.82) is 0 Å². The van der Waals surface area contributed by atoms with Gasteiger partial charge in [0.05, 0.1) is 0 Å². The second-order valence-electron chi connectivity index (χ2n) is 9.24. The summed E-state index contributed by atoms with van der Waals surface area (Å²) in [7, 11) is 0. The maximum absolute atomic E-state index is 6.28. The van der Waals surface area contributed by atoms with E-state index in [1.54, 1.807) is 5.57 Å². The van der Waals surface area contributed by atoms with Gasteiger partial charge in [-0.1, -0.05) is 38.8 Å². The van der Waals surface area contributed by atoms with E-state index in [0.717, 1.165) is 17.8 Å². The molecule has 0 heterocycles. The van der Waals surface area contributed by atoms with E-state index in [1.807, 2.05) is 0 Å². The molecule has 2 aliphatic carbocycles. The van der Waals surface area contributed by atoms with E-state index in [1.165, 1.54) is 44.9 Å². The fourth-order valence-corrected chi connectivity index (χ4v) is 5.45. The average Bonchev–Trinajstić information content (AvgIpc) is 2.80. The van der Waals surface area contributed by atoms with Crippen LogP contribution in [0.15, 0.2) is 11.6 Å². The minimum atomic E-state index is -0.0369. The molecule has 0 aliphatic heterocycles. The first-order valence-electron chi connectivity index (χ1n) is 9.64. The van der Waals surface area contributed by atoms with Crippen molar-refractivity contribution in [1.82, 2.24) is 0 Å². The van der Waals surface area contributed by atoms with Crippen LogP contribution in [0.3, 0.4) is 0 Å². The molecule has 1 nitrogen and oxygen atoms in total. The number of rotatable bonds is 5. The summed E-state index contributed by atoms with van der Waals surface area (Å²) in [5, 5.41) is 0. The van der Waals surface area contributed by atoms with Crippen LogP contribution in [-0.4, -0.2) is 5.54 Å². The number of hydrogen-bond donors (Lipinski definition) is 1. The van der Waals surface area contributed by atoms with Gasteiger partial charge in [0.1, 0.15) is 0 Å². The molecular weight excluding hydrogens is 266 g/mol. The van der Waals surface area contributed by atoms with Gasteiger partial charge >= 0.3 is 0 Å². The Morgan fingerprint density at radius 2 is 1.95 bits per heavy atom. The molecule has 128 valence electrons. The van der Waals surface area contributed by atoms with Crippen LogP contribution in [0.25, 0.3) is 0 Å². The Morgan fingerprint density at radius 3 is 2.55 bits per heavy atom. The van der Waals surface area contributed by atoms with Crippen molar-refractivity contribution in [2.75, 3.05) is 0 Å². The van der Waals surface area contributed by atoms with Crippen LogP contribution in [0.1, 0.15) is 86.5 Å². The summed E-state index contributed by atoms with van der Waals surface area (Å²) in [5.74, 6) is 3.25. The lowest BCUT2D eigenvalue weighted by molar-refractivity contribution is 0.0900. The first kappa shape index (κ1) is 18.0. The lowest BCUT2D eigenvalue weighted by atomic mass is 9.60. The van der Waals surface area contributed by atoms with Crippen LogP contribution in [-0.2, 0) is 0 Å². The highest BCUT2D eigenvalue weighted by Gasteiger charge is 2.50. The molecule has 2 N–H and O–H groups in total. The van der Waals surface area contributed by atoms with Gasteiger partial charge in [0.2, 0.25) is 0 Å². The number of fused-ring (bicyclic) bond motifs is 1. The lowest BCUT2D eigenvalue weighted by Gasteiger charge is -2.44. The van der Waals surface area contributed by atoms with Crippen molar-refractivity contribution in [2.24, 2.45) is 34.8 Å². The zero-order chi connectivity index (χ0) is 16.5. The Hall–Kier alpha value is -0.300. The van der Waals surface area contributed by atoms with Gasteiger partial charge in [-0.05, 0) is 88.4 Å². The molecule has 0 aromatic rings. The smallest absolute Gasteiger partial charge is 0.0123 e. The van der Waals surface area contributed by atoms with E-state index < -0.39 is 0 Å². The van der Waals surface area contributed by atoms with Crippen molar-refractivity contribution in [3.8, 4) is 0 Å². The second-order valence-corrected chi connectivity index (χ2v) is 9.24. The SMILES string of the molecule is C/C=C1\CCCC2(C)C1CCC2[C@H](C)CC[C@H](C)C(C)(C)N. The van der Waals surface area contributed by atoms with Crippen molar-refractivity contribution in [3.05, 3.63) is 11.6 Å². The zero-order valence-electron chi connectivity index (χ0n) is 15.9. The van der Waals surface area contributed by atoms with Crippen molar-refractivity contribution in [3.63, 3.8) is 0 Å². The monoisotopic (exact) mass is 305 g/mol. The molecule has 0 radical (unpaired) electrons. The number of allylic oxidation sites excluding steroid dienone is 2. The average molecular weight is 306 g/mol. The highest BCUT2D eigenvalue weighted by Crippen LogP contribution is 2.59. The summed E-state index contributed by atoms with van der Waals surface area (Å²) < 4.78 is 0. The first-order chi connectivity index (χ1) is 10.2. The largest absolute Gasteiger partial charge is 0.325 e. The molecule has 0 aromatic carbocycles. The predicted octanol–water partition coefficient (Wildman–Crippen LogP) is 5.94. The van der Waals surface area contributed by atoms with Gasteiger partial charge in [-0.15, -0.1) is 0 Å². The van der Waals surface area contributed by atoms with Gasteiger partial charge in [0, 0.05) is 5.54 Å². The standard InChI is InChI=1S/C21H39N/c1-7-17-9-8-14-21(6)18(12-13-19(17)21)15(2)10-11-16(3)20(4,5)22/h7,15-16,18-19H,8-14,22H2,1-6H3/b17-7+/t15-,16+,18?,19?,21?/m1/s1. The van der Waals surface area contributed by atoms with Gasteiger partial charge in [-0.2, -0.15) is 0 Å². The Labute approximate surface area is 139 Å². The first-order valence-corrected chi connectivity index (χ1v) is 9.64. The topological polar surface area (TPSA) is 26.0 Å². The third-order valence-electron chi connectivity index (χ3n) is 7.42. The molecule has 2 rings (SSSR count). The normalized spacial score (nSPS) is 37.1. The molecule has 1 heteroatoms. The van der Waals surface area contributed by atoms with Crippen LogP contribution in [0.4, 0.5) is 0 Å². The van der Waals surface area contributed by atoms with Crippen LogP contribution in [0.5, 0.6) is 0 Å². The Morgan fingerprint density at radius 1 is 1.27 bits per heavy atom. The highest BCUT2D eigenvalue weighted by atomic mass is 14.7. The zero-order valence-corrected chi connectivity index (χ0v) is 15.9. The highest BCUT2D eigenvalue weighted by molar-refractivity contribution is 5.17. The summed E-state index contributed by atoms with van der Waals surface area (Å²) in [6, 6.07) is 0. The Kier molecular flexibility index (Phi) is 5.47. The van der Waals surface area contributed by atoms with Gasteiger partial charge in [0.15, 0.2) is 0 Å². The van der Waals surface area contributed by atoms with Crippen LogP contribution in [0.2, 0.25) is 0 Å². The van der Waals surface area contributed by atoms with E-state index in [9.17, 15) is 0 Å². The third-order valence-corrected chi connectivity index (χ3v) is 7.42. The van der Waals surface area contributed by atoms with Crippen LogP contribution in [0, 0.1) is 29.1 Å². The van der Waals surface area contributed by atoms with Crippen molar-refractivity contribution < 1.29 is 0 Å². The van der Waals surface area contributed by atoms with Gasteiger partial charge in [-0.3, -0.25) is 0 Å². The van der Waals surface area contributed by atoms with Crippen LogP contribution < -0.4 is 5.73 Å². The molecule has 0 saturated heterocycles. The molecule has 2 saturated carbocycles. The summed E-state index contributed by atoms with van der Waals surface area (Å²) in [5.41, 5.74) is 8.58. The summed E-state index contributed by atoms with van der Waals surface area (Å²) in [6.45, 7) is 14.0. The van der Waals surface area contributed by atoms with Crippen molar-refractivity contribution >= 4 is 0 Å². The van der Waals surface area contributed by atoms with Gasteiger partial charge in [0.25, 0.3) is 0 Å². The predicted molar refractivity (Wildman–Crippen MR) is 97.8 cm³/mol. The summed E-state index contributed by atoms with van der Waals surface area (Å²) >= 11 is 0. The van der Waals surface area contributed by atoms with Gasteiger partial charge in [-0.25, -0.2) is 0 Å². The Balaban J connectivity index is 2.00. The molecule has 0 amide bonds. The molecule has 2 aliphatic rings. The van der Waals surface area contributed by atoms with E-state index in [2.05, 4.69) is 47.6 Å². The molecular formula is C21H39N. The summed E-state index contributed by atoms with van der Waals surface area (Å²) in [4.78, 5) is 0. The quantitative estimate of drug-likeness (QED) is 0.625. The number of nitrogens with two attached hydrogens (primary N) is 1. The third kappa shape index (κ3) is 3.45. The van der Waals surface area contributed by atoms with Crippen molar-refractivity contribution in [2.45, 2.75) is 92.0 Å². The summed E-state index contributed by atoms with van der Waals surface area (Å²) in [6.07, 6.45) is 12.1.